The van der Waals surface area contributed by atoms with Gasteiger partial charge in [0.1, 0.15) is 22.3 Å². The molecule has 0 saturated carbocycles. The van der Waals surface area contributed by atoms with Gasteiger partial charge < -0.3 is 10.1 Å². The van der Waals surface area contributed by atoms with Gasteiger partial charge in [0.2, 0.25) is 0 Å². The van der Waals surface area contributed by atoms with Crippen LogP contribution < -0.4 is 0 Å². The average Bonchev–Trinajstić information content (AvgIpc) is 3.54. The number of hydrogen-bond acceptors (Lipinski definition) is 5. The molecule has 0 aliphatic rings. The molecule has 0 fully saturated rings. The number of nitrogens with one attached hydrogen (secondary N) is 1. The molecule has 2 aromatic carbocycles. The van der Waals surface area contributed by atoms with Crippen molar-refractivity contribution in [3.05, 3.63) is 98.5 Å². The van der Waals surface area contributed by atoms with Crippen LogP contribution in [0.4, 0.5) is 0 Å². The van der Waals surface area contributed by atoms with E-state index in [2.05, 4.69) is 15.2 Å². The number of H-pyrrole nitrogens is 1. The van der Waals surface area contributed by atoms with Crippen LogP contribution in [0.15, 0.2) is 54.6 Å². The number of carboxylic acid groups (broad SMARTS) is 1. The Kier molecular flexibility index (Phi) is 6.00. The summed E-state index contributed by atoms with van der Waals surface area (Å²) in [4.78, 5) is 29.6. The molecular formula is C26H21ClN4O3S. The maximum absolute atomic E-state index is 13.6. The molecule has 0 unspecified atom stereocenters. The van der Waals surface area contributed by atoms with E-state index in [4.69, 9.17) is 11.6 Å². The highest BCUT2D eigenvalue weighted by molar-refractivity contribution is 7.15. The van der Waals surface area contributed by atoms with Crippen molar-refractivity contribution in [2.24, 2.45) is 0 Å². The van der Waals surface area contributed by atoms with E-state index in [0.29, 0.717) is 38.4 Å². The van der Waals surface area contributed by atoms with Crippen molar-refractivity contribution in [3.63, 3.8) is 0 Å². The summed E-state index contributed by atoms with van der Waals surface area (Å²) in [5, 5.41) is 20.4. The van der Waals surface area contributed by atoms with Gasteiger partial charge in [0.15, 0.2) is 5.78 Å². The number of aromatic amines is 1. The number of aromatic nitrogens is 4. The van der Waals surface area contributed by atoms with E-state index in [0.717, 1.165) is 22.2 Å². The molecule has 9 heteroatoms. The first-order valence-electron chi connectivity index (χ1n) is 11.0. The molecule has 0 aliphatic carbocycles. The van der Waals surface area contributed by atoms with Crippen LogP contribution in [0.1, 0.15) is 55.4 Å². The number of carbonyl (C=O) groups is 2. The number of rotatable bonds is 7. The zero-order valence-electron chi connectivity index (χ0n) is 19.0. The molecule has 0 bridgehead atoms. The predicted octanol–water partition coefficient (Wildman–Crippen LogP) is 5.85. The van der Waals surface area contributed by atoms with Crippen LogP contribution in [0, 0.1) is 6.92 Å². The smallest absolute Gasteiger partial charge is 0.352 e. The Morgan fingerprint density at radius 2 is 1.83 bits per heavy atom. The Labute approximate surface area is 210 Å². The van der Waals surface area contributed by atoms with E-state index < -0.39 is 5.97 Å². The number of ketones is 1. The van der Waals surface area contributed by atoms with E-state index >= 15 is 0 Å². The Morgan fingerprint density at radius 1 is 1.09 bits per heavy atom. The number of fused-ring (bicyclic) bond motifs is 1. The van der Waals surface area contributed by atoms with Gasteiger partial charge in [-0.3, -0.25) is 9.36 Å². The van der Waals surface area contributed by atoms with Crippen molar-refractivity contribution in [3.8, 4) is 5.00 Å². The van der Waals surface area contributed by atoms with Crippen LogP contribution in [0.2, 0.25) is 5.02 Å². The number of thiophene rings is 1. The molecule has 0 atom stereocenters. The van der Waals surface area contributed by atoms with Crippen molar-refractivity contribution in [1.29, 1.82) is 0 Å². The summed E-state index contributed by atoms with van der Waals surface area (Å²) in [6.45, 7) is 3.85. The highest BCUT2D eigenvalue weighted by atomic mass is 35.5. The normalized spacial score (nSPS) is 11.3. The molecule has 176 valence electrons. The van der Waals surface area contributed by atoms with E-state index in [1.165, 1.54) is 11.3 Å². The lowest BCUT2D eigenvalue weighted by Gasteiger charge is -2.10. The number of carboxylic acids is 1. The number of aryl methyl sites for hydroxylation is 2. The zero-order chi connectivity index (χ0) is 24.7. The van der Waals surface area contributed by atoms with Crippen LogP contribution in [-0.2, 0) is 12.8 Å². The van der Waals surface area contributed by atoms with Crippen LogP contribution in [0.5, 0.6) is 0 Å². The summed E-state index contributed by atoms with van der Waals surface area (Å²) < 4.78 is 1.85. The molecule has 7 nitrogen and oxygen atoms in total. The summed E-state index contributed by atoms with van der Waals surface area (Å²) >= 11 is 7.83. The lowest BCUT2D eigenvalue weighted by atomic mass is 10.0. The quantitative estimate of drug-likeness (QED) is 0.270. The SMILES string of the molecule is CCc1cc(C(=O)c2ccccc2Cl)c(-n2c(C)nnc2Cc2c(C(=O)O)[nH]c3ccccc23)s1. The van der Waals surface area contributed by atoms with Gasteiger partial charge in [-0.05, 0) is 43.2 Å². The van der Waals surface area contributed by atoms with E-state index in [1.54, 1.807) is 24.3 Å². The maximum atomic E-state index is 13.6. The van der Waals surface area contributed by atoms with Gasteiger partial charge in [0.25, 0.3) is 0 Å². The van der Waals surface area contributed by atoms with Crippen LogP contribution in [-0.4, -0.2) is 36.6 Å². The third-order valence-electron chi connectivity index (χ3n) is 5.93. The minimum atomic E-state index is -1.04. The zero-order valence-corrected chi connectivity index (χ0v) is 20.6. The fraction of sp³-hybridized carbons (Fsp3) is 0.154. The number of carbonyl (C=O) groups excluding carboxylic acids is 1. The van der Waals surface area contributed by atoms with Gasteiger partial charge in [-0.15, -0.1) is 21.5 Å². The molecule has 35 heavy (non-hydrogen) atoms. The second kappa shape index (κ2) is 9.13. The van der Waals surface area contributed by atoms with Gasteiger partial charge in [-0.1, -0.05) is 48.9 Å². The van der Waals surface area contributed by atoms with Crippen molar-refractivity contribution < 1.29 is 14.7 Å². The van der Waals surface area contributed by atoms with Crippen molar-refractivity contribution >= 4 is 45.6 Å². The summed E-state index contributed by atoms with van der Waals surface area (Å²) in [6.07, 6.45) is 0.987. The standard InChI is InChI=1S/C26H21ClN4O3S/c1-3-15-12-19(24(32)17-9-4-6-10-20(17)27)25(35-15)31-14(2)29-30-22(31)13-18-16-8-5-7-11-21(16)28-23(18)26(33)34/h4-12,28H,3,13H2,1-2H3,(H,33,34). The Morgan fingerprint density at radius 3 is 2.57 bits per heavy atom. The lowest BCUT2D eigenvalue weighted by molar-refractivity contribution is 0.0690. The number of benzene rings is 2. The fourth-order valence-electron chi connectivity index (χ4n) is 4.23. The van der Waals surface area contributed by atoms with Crippen LogP contribution in [0.25, 0.3) is 15.9 Å². The summed E-state index contributed by atoms with van der Waals surface area (Å²) in [5.74, 6) is -0.0706. The minimum Gasteiger partial charge on any atom is -0.477 e. The molecule has 3 heterocycles. The Balaban J connectivity index is 1.66. The molecule has 0 amide bonds. The Bertz CT molecular complexity index is 1600. The summed E-state index contributed by atoms with van der Waals surface area (Å²) in [6, 6.07) is 16.3. The van der Waals surface area contributed by atoms with E-state index in [1.807, 2.05) is 48.7 Å². The molecule has 0 radical (unpaired) electrons. The van der Waals surface area contributed by atoms with Crippen molar-refractivity contribution in [2.75, 3.05) is 0 Å². The van der Waals surface area contributed by atoms with Crippen molar-refractivity contribution in [2.45, 2.75) is 26.7 Å². The van der Waals surface area contributed by atoms with Gasteiger partial charge in [-0.2, -0.15) is 0 Å². The van der Waals surface area contributed by atoms with E-state index in [-0.39, 0.29) is 17.9 Å². The minimum absolute atomic E-state index is 0.117. The summed E-state index contributed by atoms with van der Waals surface area (Å²) in [7, 11) is 0. The van der Waals surface area contributed by atoms with E-state index in [9.17, 15) is 14.7 Å². The third-order valence-corrected chi connectivity index (χ3v) is 7.53. The highest BCUT2D eigenvalue weighted by Crippen LogP contribution is 2.33. The van der Waals surface area contributed by atoms with Gasteiger partial charge >= 0.3 is 5.97 Å². The number of hydrogen-bond donors (Lipinski definition) is 2. The van der Waals surface area contributed by atoms with Gasteiger partial charge in [0.05, 0.1) is 10.6 Å². The number of nitrogens with zero attached hydrogens (tertiary/aromatic N) is 3. The first-order valence-corrected chi connectivity index (χ1v) is 12.2. The summed E-state index contributed by atoms with van der Waals surface area (Å²) in [5.41, 5.74) is 2.41. The Hall–Kier alpha value is -3.75. The molecule has 5 aromatic rings. The number of halogens is 1. The predicted molar refractivity (Wildman–Crippen MR) is 136 cm³/mol. The lowest BCUT2D eigenvalue weighted by Crippen LogP contribution is -2.10. The highest BCUT2D eigenvalue weighted by Gasteiger charge is 2.25. The molecular weight excluding hydrogens is 484 g/mol. The first kappa shape index (κ1) is 23.0. The molecule has 0 saturated heterocycles. The van der Waals surface area contributed by atoms with Gasteiger partial charge in [-0.25, -0.2) is 4.79 Å². The second-order valence-corrected chi connectivity index (χ2v) is 9.62. The molecule has 0 aliphatic heterocycles. The average molecular weight is 505 g/mol. The van der Waals surface area contributed by atoms with Crippen LogP contribution >= 0.6 is 22.9 Å². The fourth-order valence-corrected chi connectivity index (χ4v) is 5.62. The maximum Gasteiger partial charge on any atom is 0.352 e. The first-order chi connectivity index (χ1) is 16.9. The van der Waals surface area contributed by atoms with Crippen LogP contribution in [0.3, 0.4) is 0 Å². The topological polar surface area (TPSA) is 101 Å². The molecule has 5 rings (SSSR count). The van der Waals surface area contributed by atoms with Gasteiger partial charge in [0, 0.05) is 27.8 Å². The second-order valence-electron chi connectivity index (χ2n) is 8.10. The third kappa shape index (κ3) is 4.05. The number of para-hydroxylation sites is 1. The number of aromatic carboxylic acids is 1. The molecule has 2 N–H and O–H groups in total. The van der Waals surface area contributed by atoms with Crippen molar-refractivity contribution in [1.82, 2.24) is 19.7 Å². The largest absolute Gasteiger partial charge is 0.477 e. The monoisotopic (exact) mass is 504 g/mol. The molecule has 0 spiro atoms. The molecule has 3 aromatic heterocycles.